The molecule has 1 N–H and O–H groups in total. The summed E-state index contributed by atoms with van der Waals surface area (Å²) in [4.78, 5) is 23.6. The third-order valence-corrected chi connectivity index (χ3v) is 2.78. The molecule has 6 heteroatoms. The molecule has 0 amide bonds. The fraction of sp³-hybridized carbons (Fsp3) is 0.133. The minimum absolute atomic E-state index is 0.125. The van der Waals surface area contributed by atoms with E-state index in [9.17, 15) is 9.59 Å². The van der Waals surface area contributed by atoms with Crippen molar-refractivity contribution >= 4 is 5.78 Å². The number of methoxy groups -OCH3 is 1. The maximum atomic E-state index is 11.9. The summed E-state index contributed by atoms with van der Waals surface area (Å²) in [5, 5.41) is 6.78. The highest BCUT2D eigenvalue weighted by atomic mass is 16.5. The first-order valence-corrected chi connectivity index (χ1v) is 6.28. The Labute approximate surface area is 121 Å². The molecule has 0 atom stereocenters. The third kappa shape index (κ3) is 3.36. The number of hydrogen-bond acceptors (Lipinski definition) is 5. The third-order valence-electron chi connectivity index (χ3n) is 2.78. The Morgan fingerprint density at radius 2 is 2.00 bits per heavy atom. The quantitative estimate of drug-likeness (QED) is 0.659. The first-order valence-electron chi connectivity index (χ1n) is 6.28. The molecule has 0 unspecified atom stereocenters. The van der Waals surface area contributed by atoms with Crippen molar-refractivity contribution in [3.05, 3.63) is 64.7 Å². The van der Waals surface area contributed by atoms with Crippen molar-refractivity contribution in [1.82, 2.24) is 15.1 Å². The normalized spacial score (nSPS) is 10.6. The van der Waals surface area contributed by atoms with E-state index in [1.807, 2.05) is 0 Å². The molecule has 0 fully saturated rings. The van der Waals surface area contributed by atoms with Gasteiger partial charge in [0, 0.05) is 31.6 Å². The van der Waals surface area contributed by atoms with Crippen LogP contribution in [0.25, 0.3) is 5.69 Å². The van der Waals surface area contributed by atoms with Crippen LogP contribution in [0.15, 0.2) is 53.6 Å². The van der Waals surface area contributed by atoms with Crippen LogP contribution >= 0.6 is 0 Å². The van der Waals surface area contributed by atoms with Crippen LogP contribution < -0.4 is 15.5 Å². The highest BCUT2D eigenvalue weighted by Gasteiger charge is 2.10. The molecule has 2 aromatic rings. The minimum atomic E-state index is -0.447. The predicted molar refractivity (Wildman–Crippen MR) is 78.9 cm³/mol. The molecule has 0 aliphatic rings. The molecular formula is C15H15N3O3. The number of aromatic nitrogens is 2. The monoisotopic (exact) mass is 285 g/mol. The van der Waals surface area contributed by atoms with Gasteiger partial charge in [0.2, 0.25) is 11.2 Å². The van der Waals surface area contributed by atoms with Crippen LogP contribution in [0, 0.1) is 0 Å². The molecule has 21 heavy (non-hydrogen) atoms. The number of benzene rings is 1. The molecule has 0 radical (unpaired) electrons. The van der Waals surface area contributed by atoms with Gasteiger partial charge in [-0.05, 0) is 24.3 Å². The fourth-order valence-electron chi connectivity index (χ4n) is 1.69. The van der Waals surface area contributed by atoms with E-state index in [-0.39, 0.29) is 5.69 Å². The summed E-state index contributed by atoms with van der Waals surface area (Å²) in [7, 11) is 3.25. The maximum absolute atomic E-state index is 11.9. The van der Waals surface area contributed by atoms with Gasteiger partial charge in [0.25, 0.3) is 0 Å². The van der Waals surface area contributed by atoms with Gasteiger partial charge in [-0.15, -0.1) is 0 Å². The zero-order valence-electron chi connectivity index (χ0n) is 11.7. The average molecular weight is 285 g/mol. The lowest BCUT2D eigenvalue weighted by molar-refractivity contribution is 0.103. The summed E-state index contributed by atoms with van der Waals surface area (Å²) >= 11 is 0. The van der Waals surface area contributed by atoms with E-state index in [4.69, 9.17) is 4.74 Å². The molecule has 0 bridgehead atoms. The summed E-state index contributed by atoms with van der Waals surface area (Å²) in [6.07, 6.45) is 4.24. The smallest absolute Gasteiger partial charge is 0.211 e. The molecule has 0 saturated heterocycles. The van der Waals surface area contributed by atoms with Gasteiger partial charge in [0.15, 0.2) is 5.69 Å². The largest absolute Gasteiger partial charge is 0.497 e. The van der Waals surface area contributed by atoms with E-state index in [2.05, 4.69) is 10.4 Å². The molecule has 108 valence electrons. The van der Waals surface area contributed by atoms with E-state index < -0.39 is 11.2 Å². The van der Waals surface area contributed by atoms with Gasteiger partial charge in [0.05, 0.1) is 12.8 Å². The van der Waals surface area contributed by atoms with Crippen molar-refractivity contribution in [3.8, 4) is 11.4 Å². The van der Waals surface area contributed by atoms with Crippen LogP contribution in [0.5, 0.6) is 5.75 Å². The van der Waals surface area contributed by atoms with Gasteiger partial charge in [0.1, 0.15) is 5.75 Å². The molecule has 1 aromatic carbocycles. The highest BCUT2D eigenvalue weighted by Crippen LogP contribution is 2.13. The zero-order chi connectivity index (χ0) is 15.2. The highest BCUT2D eigenvalue weighted by molar-refractivity contribution is 6.02. The van der Waals surface area contributed by atoms with Crippen LogP contribution in [-0.4, -0.2) is 29.7 Å². The second-order valence-electron chi connectivity index (χ2n) is 4.16. The Hall–Kier alpha value is -2.89. The Morgan fingerprint density at radius 1 is 1.29 bits per heavy atom. The van der Waals surface area contributed by atoms with E-state index >= 15 is 0 Å². The molecule has 0 spiro atoms. The Kier molecular flexibility index (Phi) is 4.50. The first kappa shape index (κ1) is 14.5. The summed E-state index contributed by atoms with van der Waals surface area (Å²) < 4.78 is 6.55. The first-order chi connectivity index (χ1) is 10.2. The van der Waals surface area contributed by atoms with Crippen molar-refractivity contribution in [3.63, 3.8) is 0 Å². The molecule has 0 aliphatic heterocycles. The van der Waals surface area contributed by atoms with Crippen molar-refractivity contribution in [1.29, 1.82) is 0 Å². The predicted octanol–water partition coefficient (Wildman–Crippen LogP) is 1.16. The lowest BCUT2D eigenvalue weighted by Crippen LogP contribution is -2.19. The van der Waals surface area contributed by atoms with E-state index in [0.717, 1.165) is 5.69 Å². The number of hydrogen-bond donors (Lipinski definition) is 1. The van der Waals surface area contributed by atoms with Crippen molar-refractivity contribution < 1.29 is 9.53 Å². The molecule has 1 aromatic heterocycles. The van der Waals surface area contributed by atoms with E-state index in [1.54, 1.807) is 38.4 Å². The topological polar surface area (TPSA) is 73.2 Å². The number of ketones is 1. The SMILES string of the molecule is CNC=CC(=O)c1nn(-c2ccc(OC)cc2)ccc1=O. The van der Waals surface area contributed by atoms with Crippen molar-refractivity contribution in [2.75, 3.05) is 14.2 Å². The molecular weight excluding hydrogens is 270 g/mol. The van der Waals surface area contributed by atoms with E-state index in [1.165, 1.54) is 29.2 Å². The van der Waals surface area contributed by atoms with Gasteiger partial charge in [-0.3, -0.25) is 9.59 Å². The standard InChI is InChI=1S/C15H15N3O3/c1-16-9-7-13(19)15-14(20)8-10-18(17-15)11-3-5-12(21-2)6-4-11/h3-10,16H,1-2H3. The Morgan fingerprint density at radius 3 is 2.62 bits per heavy atom. The number of carbonyl (C=O) groups excluding carboxylic acids is 1. The second kappa shape index (κ2) is 6.51. The number of nitrogens with one attached hydrogen (secondary N) is 1. The van der Waals surface area contributed by atoms with Gasteiger partial charge >= 0.3 is 0 Å². The second-order valence-corrected chi connectivity index (χ2v) is 4.16. The average Bonchev–Trinajstić information content (AvgIpc) is 2.53. The van der Waals surface area contributed by atoms with Crippen LogP contribution in [0.2, 0.25) is 0 Å². The summed E-state index contributed by atoms with van der Waals surface area (Å²) in [5.41, 5.74) is 0.188. The summed E-state index contributed by atoms with van der Waals surface area (Å²) in [6.45, 7) is 0. The van der Waals surface area contributed by atoms with Crippen LogP contribution in [0.3, 0.4) is 0 Å². The number of allylic oxidation sites excluding steroid dienone is 1. The lowest BCUT2D eigenvalue weighted by Gasteiger charge is -2.07. The number of nitrogens with zero attached hydrogens (tertiary/aromatic N) is 2. The van der Waals surface area contributed by atoms with Crippen molar-refractivity contribution in [2.45, 2.75) is 0 Å². The Balaban J connectivity index is 2.39. The Bertz CT molecular complexity index is 718. The van der Waals surface area contributed by atoms with Crippen molar-refractivity contribution in [2.24, 2.45) is 0 Å². The summed E-state index contributed by atoms with van der Waals surface area (Å²) in [6, 6.07) is 8.44. The number of ether oxygens (including phenoxy) is 1. The molecule has 0 saturated carbocycles. The van der Waals surface area contributed by atoms with E-state index in [0.29, 0.717) is 5.75 Å². The molecule has 6 nitrogen and oxygen atoms in total. The maximum Gasteiger partial charge on any atom is 0.211 e. The van der Waals surface area contributed by atoms with Gasteiger partial charge < -0.3 is 10.1 Å². The van der Waals surface area contributed by atoms with Crippen LogP contribution in [-0.2, 0) is 0 Å². The summed E-state index contributed by atoms with van der Waals surface area (Å²) in [5.74, 6) is 0.269. The van der Waals surface area contributed by atoms with Gasteiger partial charge in [-0.25, -0.2) is 4.68 Å². The molecule has 1 heterocycles. The zero-order valence-corrected chi connectivity index (χ0v) is 11.7. The molecule has 0 aliphatic carbocycles. The van der Waals surface area contributed by atoms with Crippen LogP contribution in [0.4, 0.5) is 0 Å². The molecule has 2 rings (SSSR count). The van der Waals surface area contributed by atoms with Gasteiger partial charge in [-0.2, -0.15) is 5.10 Å². The number of carbonyl (C=O) groups is 1. The fourth-order valence-corrected chi connectivity index (χ4v) is 1.69. The van der Waals surface area contributed by atoms with Crippen LogP contribution in [0.1, 0.15) is 10.5 Å². The number of rotatable bonds is 5. The van der Waals surface area contributed by atoms with Gasteiger partial charge in [-0.1, -0.05) is 0 Å². The minimum Gasteiger partial charge on any atom is -0.497 e. The lowest BCUT2D eigenvalue weighted by atomic mass is 10.2.